The maximum Gasteiger partial charge on any atom is 0.272 e. The van der Waals surface area contributed by atoms with Crippen LogP contribution in [0.5, 0.6) is 11.6 Å². The van der Waals surface area contributed by atoms with E-state index in [1.54, 1.807) is 30.9 Å². The van der Waals surface area contributed by atoms with Crippen LogP contribution in [0, 0.1) is 6.92 Å². The van der Waals surface area contributed by atoms with Gasteiger partial charge >= 0.3 is 0 Å². The number of carbonyl (C=O) groups excluding carboxylic acids is 1. The van der Waals surface area contributed by atoms with Crippen LogP contribution in [-0.2, 0) is 0 Å². The van der Waals surface area contributed by atoms with Gasteiger partial charge in [0.25, 0.3) is 5.91 Å². The molecule has 1 aliphatic rings. The van der Waals surface area contributed by atoms with E-state index < -0.39 is 0 Å². The number of ether oxygens (including phenoxy) is 1. The molecule has 1 saturated heterocycles. The predicted molar refractivity (Wildman–Crippen MR) is 126 cm³/mol. The summed E-state index contributed by atoms with van der Waals surface area (Å²) < 4.78 is 5.97. The topological polar surface area (TPSA) is 94.0 Å². The number of amides is 1. The van der Waals surface area contributed by atoms with Gasteiger partial charge in [-0.05, 0) is 43.5 Å². The van der Waals surface area contributed by atoms with Crippen LogP contribution in [0.4, 0.5) is 0 Å². The average molecular weight is 453 g/mol. The Labute approximate surface area is 197 Å². The highest BCUT2D eigenvalue weighted by molar-refractivity contribution is 5.93. The number of nitrogens with zero attached hydrogens (tertiary/aromatic N) is 6. The zero-order chi connectivity index (χ0) is 23.3. The van der Waals surface area contributed by atoms with Crippen LogP contribution in [0.1, 0.15) is 40.5 Å². The summed E-state index contributed by atoms with van der Waals surface area (Å²) in [6.07, 6.45) is 10.0. The molecule has 0 radical (unpaired) electrons. The van der Waals surface area contributed by atoms with Crippen LogP contribution in [0.25, 0.3) is 11.3 Å². The molecule has 3 aromatic heterocycles. The molecule has 8 nitrogen and oxygen atoms in total. The van der Waals surface area contributed by atoms with E-state index in [2.05, 4.69) is 19.9 Å². The second kappa shape index (κ2) is 9.74. The minimum Gasteiger partial charge on any atom is -0.437 e. The number of para-hydroxylation sites is 1. The lowest BCUT2D eigenvalue weighted by Gasteiger charge is -2.32. The van der Waals surface area contributed by atoms with Crippen molar-refractivity contribution in [1.29, 1.82) is 0 Å². The Morgan fingerprint density at radius 3 is 2.68 bits per heavy atom. The second-order valence-corrected chi connectivity index (χ2v) is 8.28. The number of likely N-dealkylation sites (tertiary alicyclic amines) is 1. The molecule has 1 fully saturated rings. The van der Waals surface area contributed by atoms with E-state index in [-0.39, 0.29) is 11.8 Å². The number of hydrogen-bond acceptors (Lipinski definition) is 7. The fourth-order valence-electron chi connectivity index (χ4n) is 4.10. The summed E-state index contributed by atoms with van der Waals surface area (Å²) in [5.41, 5.74) is 3.71. The monoisotopic (exact) mass is 452 g/mol. The van der Waals surface area contributed by atoms with E-state index in [1.165, 1.54) is 6.33 Å². The van der Waals surface area contributed by atoms with Gasteiger partial charge in [-0.3, -0.25) is 9.78 Å². The van der Waals surface area contributed by atoms with E-state index >= 15 is 0 Å². The van der Waals surface area contributed by atoms with Gasteiger partial charge in [0.15, 0.2) is 0 Å². The predicted octanol–water partition coefficient (Wildman–Crippen LogP) is 4.45. The van der Waals surface area contributed by atoms with E-state index in [4.69, 9.17) is 9.72 Å². The highest BCUT2D eigenvalue weighted by Crippen LogP contribution is 2.29. The zero-order valence-electron chi connectivity index (χ0n) is 18.8. The summed E-state index contributed by atoms with van der Waals surface area (Å²) in [4.78, 5) is 36.8. The lowest BCUT2D eigenvalue weighted by molar-refractivity contribution is 0.0700. The molecule has 1 aliphatic heterocycles. The van der Waals surface area contributed by atoms with Crippen molar-refractivity contribution in [3.63, 3.8) is 0 Å². The van der Waals surface area contributed by atoms with Crippen LogP contribution >= 0.6 is 0 Å². The first-order valence-electron chi connectivity index (χ1n) is 11.2. The van der Waals surface area contributed by atoms with E-state index in [0.717, 1.165) is 35.4 Å². The summed E-state index contributed by atoms with van der Waals surface area (Å²) in [6, 6.07) is 13.2. The summed E-state index contributed by atoms with van der Waals surface area (Å²) in [6.45, 7) is 3.23. The minimum absolute atomic E-state index is 0.0799. The Morgan fingerprint density at radius 1 is 0.971 bits per heavy atom. The maximum absolute atomic E-state index is 13.3. The normalized spacial score (nSPS) is 15.7. The van der Waals surface area contributed by atoms with Crippen molar-refractivity contribution in [3.05, 3.63) is 90.5 Å². The van der Waals surface area contributed by atoms with Crippen LogP contribution in [-0.4, -0.2) is 48.8 Å². The van der Waals surface area contributed by atoms with E-state index in [9.17, 15) is 4.79 Å². The van der Waals surface area contributed by atoms with Gasteiger partial charge in [0.05, 0.1) is 17.6 Å². The van der Waals surface area contributed by atoms with Gasteiger partial charge in [-0.15, -0.1) is 0 Å². The van der Waals surface area contributed by atoms with Crippen molar-refractivity contribution in [2.24, 2.45) is 0 Å². The molecule has 1 unspecified atom stereocenters. The van der Waals surface area contributed by atoms with Gasteiger partial charge in [-0.1, -0.05) is 24.3 Å². The fourth-order valence-corrected chi connectivity index (χ4v) is 4.10. The molecule has 4 heterocycles. The maximum atomic E-state index is 13.3. The minimum atomic E-state index is -0.0938. The number of aryl methyl sites for hydroxylation is 1. The molecule has 4 aromatic rings. The molecule has 0 saturated carbocycles. The highest BCUT2D eigenvalue weighted by atomic mass is 16.5. The smallest absolute Gasteiger partial charge is 0.272 e. The van der Waals surface area contributed by atoms with E-state index in [0.29, 0.717) is 30.4 Å². The molecule has 8 heteroatoms. The van der Waals surface area contributed by atoms with Crippen molar-refractivity contribution >= 4 is 5.91 Å². The lowest BCUT2D eigenvalue weighted by Crippen LogP contribution is -2.39. The van der Waals surface area contributed by atoms with E-state index in [1.807, 2.05) is 48.2 Å². The first-order valence-corrected chi connectivity index (χ1v) is 11.2. The number of piperidine rings is 1. The van der Waals surface area contributed by atoms with Gasteiger partial charge in [0.2, 0.25) is 5.88 Å². The summed E-state index contributed by atoms with van der Waals surface area (Å²) in [5.74, 6) is 1.19. The molecule has 1 amide bonds. The van der Waals surface area contributed by atoms with Gasteiger partial charge < -0.3 is 9.64 Å². The van der Waals surface area contributed by atoms with Crippen molar-refractivity contribution in [3.8, 4) is 22.9 Å². The third kappa shape index (κ3) is 4.76. The Hall–Kier alpha value is -4.20. The number of pyridine rings is 1. The van der Waals surface area contributed by atoms with Crippen LogP contribution < -0.4 is 4.74 Å². The Bertz CT molecular complexity index is 1300. The largest absolute Gasteiger partial charge is 0.437 e. The van der Waals surface area contributed by atoms with Gasteiger partial charge in [-0.2, -0.15) is 0 Å². The Balaban J connectivity index is 1.32. The standard InChI is InChI=1S/C26H24N6O2/c1-18-6-2-3-10-24(18)34-25-15-27-14-23(31-25)19-7-5-11-32(16-19)26(33)22-9-4-8-21(30-22)20-12-28-17-29-13-20/h2-4,6,8-10,12-15,17,19H,5,7,11,16H2,1H3. The molecule has 0 N–H and O–H groups in total. The van der Waals surface area contributed by atoms with Crippen molar-refractivity contribution in [1.82, 2.24) is 29.8 Å². The lowest BCUT2D eigenvalue weighted by atomic mass is 9.94. The van der Waals surface area contributed by atoms with Crippen molar-refractivity contribution in [2.45, 2.75) is 25.7 Å². The summed E-state index contributed by atoms with van der Waals surface area (Å²) in [7, 11) is 0. The quantitative estimate of drug-likeness (QED) is 0.442. The molecular formula is C26H24N6O2. The number of carbonyl (C=O) groups is 1. The van der Waals surface area contributed by atoms with Crippen LogP contribution in [0.2, 0.25) is 0 Å². The van der Waals surface area contributed by atoms with Gasteiger partial charge in [0.1, 0.15) is 17.8 Å². The van der Waals surface area contributed by atoms with Crippen molar-refractivity contribution < 1.29 is 9.53 Å². The van der Waals surface area contributed by atoms with Crippen LogP contribution in [0.3, 0.4) is 0 Å². The number of benzene rings is 1. The Kier molecular flexibility index (Phi) is 6.20. The second-order valence-electron chi connectivity index (χ2n) is 8.28. The number of hydrogen-bond donors (Lipinski definition) is 0. The van der Waals surface area contributed by atoms with Gasteiger partial charge in [-0.25, -0.2) is 19.9 Å². The molecule has 170 valence electrons. The first kappa shape index (κ1) is 21.6. The fraction of sp³-hybridized carbons (Fsp3) is 0.231. The van der Waals surface area contributed by atoms with Gasteiger partial charge in [0, 0.05) is 43.2 Å². The SMILES string of the molecule is Cc1ccccc1Oc1cncc(C2CCCN(C(=O)c3cccc(-c4cncnc4)n3)C2)n1. The first-order chi connectivity index (χ1) is 16.7. The summed E-state index contributed by atoms with van der Waals surface area (Å²) >= 11 is 0. The average Bonchev–Trinajstić information content (AvgIpc) is 2.90. The molecule has 0 spiro atoms. The molecule has 0 bridgehead atoms. The molecule has 0 aliphatic carbocycles. The van der Waals surface area contributed by atoms with Crippen LogP contribution in [0.15, 0.2) is 73.6 Å². The van der Waals surface area contributed by atoms with Crippen molar-refractivity contribution in [2.75, 3.05) is 13.1 Å². The summed E-state index contributed by atoms with van der Waals surface area (Å²) in [5, 5.41) is 0. The Morgan fingerprint density at radius 2 is 1.82 bits per heavy atom. The molecule has 1 atom stereocenters. The molecular weight excluding hydrogens is 428 g/mol. The third-order valence-corrected chi connectivity index (χ3v) is 5.89. The molecule has 34 heavy (non-hydrogen) atoms. The number of rotatable bonds is 5. The third-order valence-electron chi connectivity index (χ3n) is 5.89. The highest BCUT2D eigenvalue weighted by Gasteiger charge is 2.27. The molecule has 1 aromatic carbocycles. The molecule has 5 rings (SSSR count). The zero-order valence-corrected chi connectivity index (χ0v) is 18.8. The number of aromatic nitrogens is 5.